The summed E-state index contributed by atoms with van der Waals surface area (Å²) in [6.07, 6.45) is 21.1. The van der Waals surface area contributed by atoms with Crippen molar-refractivity contribution in [2.75, 3.05) is 0 Å². The van der Waals surface area contributed by atoms with Crippen molar-refractivity contribution in [1.82, 2.24) is 0 Å². The fraction of sp³-hybridized carbons (Fsp3) is 0.707. The quantitative estimate of drug-likeness (QED) is 0.159. The second-order valence-corrected chi connectivity index (χ2v) is 15.6. The van der Waals surface area contributed by atoms with Gasteiger partial charge in [-0.2, -0.15) is 0 Å². The Morgan fingerprint density at radius 2 is 0.930 bits per heavy atom. The van der Waals surface area contributed by atoms with Crippen LogP contribution in [0, 0.1) is 0 Å². The monoisotopic (exact) mass is 593 g/mol. The van der Waals surface area contributed by atoms with Crippen LogP contribution in [0.1, 0.15) is 192 Å². The van der Waals surface area contributed by atoms with Crippen molar-refractivity contribution < 1.29 is 10.2 Å². The molecule has 1 unspecified atom stereocenters. The minimum atomic E-state index is -0.132. The van der Waals surface area contributed by atoms with Gasteiger partial charge in [0.05, 0.1) is 0 Å². The molecule has 2 aromatic rings. The number of rotatable bonds is 19. The largest absolute Gasteiger partial charge is 0.507 e. The molecule has 2 nitrogen and oxygen atoms in total. The highest BCUT2D eigenvalue weighted by Gasteiger charge is 2.26. The van der Waals surface area contributed by atoms with Crippen molar-refractivity contribution in [3.63, 3.8) is 0 Å². The molecule has 0 saturated heterocycles. The number of hydrogen-bond acceptors (Lipinski definition) is 2. The van der Waals surface area contributed by atoms with E-state index in [0.29, 0.717) is 11.5 Å². The number of benzene rings is 2. The Balaban J connectivity index is 2.27. The lowest BCUT2D eigenvalue weighted by Gasteiger charge is -2.27. The standard InChI is InChI=1S/C41H68O2/c1-10-12-14-16-18-20-22-24-32-27-34(38(42)36(29-32)40(4,5)6)26-31(3)35-28-33(25-23-21-19-17-15-13-11-2)30-37(39(35)43)41(7,8)9/h27-31,42-43H,10-26H2,1-9H3. The minimum Gasteiger partial charge on any atom is -0.507 e. The Morgan fingerprint density at radius 3 is 1.37 bits per heavy atom. The van der Waals surface area contributed by atoms with Crippen molar-refractivity contribution >= 4 is 0 Å². The molecule has 0 fully saturated rings. The van der Waals surface area contributed by atoms with Gasteiger partial charge in [-0.1, -0.05) is 164 Å². The normalized spacial score (nSPS) is 13.0. The van der Waals surface area contributed by atoms with Crippen LogP contribution in [0.4, 0.5) is 0 Å². The number of aryl methyl sites for hydroxylation is 2. The summed E-state index contributed by atoms with van der Waals surface area (Å²) in [7, 11) is 0. The number of unbranched alkanes of at least 4 members (excludes halogenated alkanes) is 12. The highest BCUT2D eigenvalue weighted by Crippen LogP contribution is 2.41. The SMILES string of the molecule is CCCCCCCCCc1cc(CC(C)c2cc(CCCCCCCCC)cc(C(C)(C)C)c2O)c(O)c(C(C)(C)C)c1. The molecule has 2 heteroatoms. The van der Waals surface area contributed by atoms with Crippen molar-refractivity contribution in [2.24, 2.45) is 0 Å². The smallest absolute Gasteiger partial charge is 0.122 e. The fourth-order valence-electron chi connectivity index (χ4n) is 6.46. The summed E-state index contributed by atoms with van der Waals surface area (Å²) in [6, 6.07) is 9.01. The van der Waals surface area contributed by atoms with Crippen LogP contribution in [0.2, 0.25) is 0 Å². The van der Waals surface area contributed by atoms with Crippen molar-refractivity contribution in [3.8, 4) is 11.5 Å². The molecule has 2 N–H and O–H groups in total. The van der Waals surface area contributed by atoms with Crippen LogP contribution in [0.25, 0.3) is 0 Å². The lowest BCUT2D eigenvalue weighted by atomic mass is 9.79. The highest BCUT2D eigenvalue weighted by atomic mass is 16.3. The predicted molar refractivity (Wildman–Crippen MR) is 189 cm³/mol. The highest BCUT2D eigenvalue weighted by molar-refractivity contribution is 5.51. The minimum absolute atomic E-state index is 0.0997. The topological polar surface area (TPSA) is 40.5 Å². The lowest BCUT2D eigenvalue weighted by Crippen LogP contribution is -2.15. The van der Waals surface area contributed by atoms with Crippen LogP contribution < -0.4 is 0 Å². The van der Waals surface area contributed by atoms with E-state index >= 15 is 0 Å². The summed E-state index contributed by atoms with van der Waals surface area (Å²) >= 11 is 0. The Bertz CT molecular complexity index is 1080. The van der Waals surface area contributed by atoms with Crippen LogP contribution in [0.15, 0.2) is 24.3 Å². The third-order valence-corrected chi connectivity index (χ3v) is 9.26. The maximum absolute atomic E-state index is 11.6. The van der Waals surface area contributed by atoms with E-state index in [-0.39, 0.29) is 16.7 Å². The summed E-state index contributed by atoms with van der Waals surface area (Å²) in [5.74, 6) is 0.984. The lowest BCUT2D eigenvalue weighted by molar-refractivity contribution is 0.428. The van der Waals surface area contributed by atoms with Crippen molar-refractivity contribution in [3.05, 3.63) is 57.6 Å². The van der Waals surface area contributed by atoms with Gasteiger partial charge in [-0.25, -0.2) is 0 Å². The first-order valence-electron chi connectivity index (χ1n) is 18.0. The average molecular weight is 593 g/mol. The Labute approximate surface area is 267 Å². The van der Waals surface area contributed by atoms with E-state index in [1.54, 1.807) is 0 Å². The molecule has 0 aromatic heterocycles. The van der Waals surface area contributed by atoms with Gasteiger partial charge >= 0.3 is 0 Å². The van der Waals surface area contributed by atoms with Crippen molar-refractivity contribution in [2.45, 2.75) is 188 Å². The molecule has 0 spiro atoms. The summed E-state index contributed by atoms with van der Waals surface area (Å²) in [5, 5.41) is 23.1. The molecule has 0 aliphatic heterocycles. The number of hydrogen-bond donors (Lipinski definition) is 2. The molecule has 2 rings (SSSR count). The molecule has 0 heterocycles. The van der Waals surface area contributed by atoms with Crippen LogP contribution in [-0.4, -0.2) is 10.2 Å². The van der Waals surface area contributed by atoms with E-state index in [9.17, 15) is 10.2 Å². The molecule has 244 valence electrons. The number of phenols is 2. The van der Waals surface area contributed by atoms with Crippen LogP contribution in [0.5, 0.6) is 11.5 Å². The van der Waals surface area contributed by atoms with Gasteiger partial charge in [0, 0.05) is 0 Å². The zero-order valence-electron chi connectivity index (χ0n) is 29.8. The van der Waals surface area contributed by atoms with E-state index in [1.807, 2.05) is 0 Å². The first-order valence-corrected chi connectivity index (χ1v) is 18.0. The van der Waals surface area contributed by atoms with Gasteiger partial charge in [0.2, 0.25) is 0 Å². The Kier molecular flexibility index (Phi) is 15.7. The van der Waals surface area contributed by atoms with Crippen LogP contribution >= 0.6 is 0 Å². The molecule has 0 saturated carbocycles. The van der Waals surface area contributed by atoms with Gasteiger partial charge in [-0.15, -0.1) is 0 Å². The number of aromatic hydroxyl groups is 2. The van der Waals surface area contributed by atoms with Gasteiger partial charge in [0.25, 0.3) is 0 Å². The molecular weight excluding hydrogens is 524 g/mol. The molecule has 0 aliphatic carbocycles. The Hall–Kier alpha value is -1.96. The second kappa shape index (κ2) is 18.1. The van der Waals surface area contributed by atoms with E-state index in [4.69, 9.17) is 0 Å². The average Bonchev–Trinajstić information content (AvgIpc) is 2.92. The molecule has 2 aromatic carbocycles. The summed E-state index contributed by atoms with van der Waals surface area (Å²) in [4.78, 5) is 0. The first-order chi connectivity index (χ1) is 20.3. The Morgan fingerprint density at radius 1 is 0.535 bits per heavy atom. The fourth-order valence-corrected chi connectivity index (χ4v) is 6.46. The predicted octanol–water partition coefficient (Wildman–Crippen LogP) is 12.6. The second-order valence-electron chi connectivity index (χ2n) is 15.6. The first kappa shape index (κ1) is 37.2. The molecule has 0 bridgehead atoms. The summed E-state index contributed by atoms with van der Waals surface area (Å²) < 4.78 is 0. The van der Waals surface area contributed by atoms with E-state index in [0.717, 1.165) is 41.5 Å². The van der Waals surface area contributed by atoms with Crippen molar-refractivity contribution in [1.29, 1.82) is 0 Å². The van der Waals surface area contributed by atoms with Crippen LogP contribution in [0.3, 0.4) is 0 Å². The summed E-state index contributed by atoms with van der Waals surface area (Å²) in [5.41, 5.74) is 6.55. The maximum Gasteiger partial charge on any atom is 0.122 e. The van der Waals surface area contributed by atoms with E-state index < -0.39 is 0 Å². The maximum atomic E-state index is 11.6. The van der Waals surface area contributed by atoms with Gasteiger partial charge < -0.3 is 10.2 Å². The zero-order chi connectivity index (χ0) is 32.0. The van der Waals surface area contributed by atoms with Gasteiger partial charge in [0.1, 0.15) is 11.5 Å². The van der Waals surface area contributed by atoms with Crippen LogP contribution in [-0.2, 0) is 30.1 Å². The van der Waals surface area contributed by atoms with E-state index in [1.165, 1.54) is 101 Å². The summed E-state index contributed by atoms with van der Waals surface area (Å²) in [6.45, 7) is 19.9. The third kappa shape index (κ3) is 12.5. The molecule has 0 aliphatic rings. The van der Waals surface area contributed by atoms with E-state index in [2.05, 4.69) is 86.6 Å². The molecule has 0 amide bonds. The molecule has 0 radical (unpaired) electrons. The van der Waals surface area contributed by atoms with Gasteiger partial charge in [-0.3, -0.25) is 0 Å². The van der Waals surface area contributed by atoms with Gasteiger partial charge in [0.15, 0.2) is 0 Å². The number of phenolic OH excluding ortho intramolecular Hbond substituents is 2. The zero-order valence-corrected chi connectivity index (χ0v) is 29.8. The van der Waals surface area contributed by atoms with Gasteiger partial charge in [-0.05, 0) is 82.2 Å². The molecule has 1 atom stereocenters. The molecule has 43 heavy (non-hydrogen) atoms. The molecular formula is C41H68O2. The third-order valence-electron chi connectivity index (χ3n) is 9.26.